The van der Waals surface area contributed by atoms with Crippen molar-refractivity contribution in [2.45, 2.75) is 57.0 Å². The van der Waals surface area contributed by atoms with E-state index in [2.05, 4.69) is 15.6 Å². The summed E-state index contributed by atoms with van der Waals surface area (Å²) >= 11 is 0. The lowest BCUT2D eigenvalue weighted by Gasteiger charge is -2.32. The van der Waals surface area contributed by atoms with Crippen LogP contribution in [0.15, 0.2) is 72.9 Å². The summed E-state index contributed by atoms with van der Waals surface area (Å²) < 4.78 is 14.3. The maximum Gasteiger partial charge on any atom is 0.248 e. The summed E-state index contributed by atoms with van der Waals surface area (Å²) in [5, 5.41) is 15.5. The van der Waals surface area contributed by atoms with Crippen molar-refractivity contribution >= 4 is 29.2 Å². The highest BCUT2D eigenvalue weighted by Gasteiger charge is 2.34. The largest absolute Gasteiger partial charge is 0.508 e. The van der Waals surface area contributed by atoms with E-state index < -0.39 is 17.8 Å². The lowest BCUT2D eigenvalue weighted by Crippen LogP contribution is -2.46. The first kappa shape index (κ1) is 26.8. The molecule has 2 aromatic carbocycles. The zero-order valence-corrected chi connectivity index (χ0v) is 21.0. The smallest absolute Gasteiger partial charge is 0.248 e. The monoisotopic (exact) mass is 518 g/mol. The van der Waals surface area contributed by atoms with Gasteiger partial charge in [-0.3, -0.25) is 19.3 Å². The van der Waals surface area contributed by atoms with Crippen molar-refractivity contribution in [3.05, 3.63) is 84.3 Å². The molecule has 1 aliphatic rings. The predicted octanol–water partition coefficient (Wildman–Crippen LogP) is 4.87. The predicted molar refractivity (Wildman–Crippen MR) is 142 cm³/mol. The van der Waals surface area contributed by atoms with Crippen molar-refractivity contribution in [1.29, 1.82) is 0 Å². The molecule has 3 amide bonds. The number of rotatable bonds is 10. The van der Waals surface area contributed by atoms with E-state index in [9.17, 15) is 23.9 Å². The molecule has 1 saturated carbocycles. The fraction of sp³-hybridized carbons (Fsp3) is 0.310. The van der Waals surface area contributed by atoms with Crippen LogP contribution in [-0.4, -0.2) is 33.9 Å². The van der Waals surface area contributed by atoms with Gasteiger partial charge in [-0.2, -0.15) is 0 Å². The molecule has 1 atom stereocenters. The number of nitrogens with one attached hydrogen (secondary N) is 2. The Bertz CT molecular complexity index is 1250. The van der Waals surface area contributed by atoms with Crippen molar-refractivity contribution in [2.24, 2.45) is 0 Å². The SMILES string of the molecule is O=C(CCCC(=O)N(c1cccc(F)c1)[C@H](C(=O)NC1CCCC1)c1ccc(O)cc1)Nc1ccccn1. The van der Waals surface area contributed by atoms with E-state index >= 15 is 0 Å². The van der Waals surface area contributed by atoms with Gasteiger partial charge in [0.05, 0.1) is 0 Å². The molecule has 1 heterocycles. The second-order valence-corrected chi connectivity index (χ2v) is 9.34. The van der Waals surface area contributed by atoms with Crippen LogP contribution in [0.4, 0.5) is 15.9 Å². The standard InChI is InChI=1S/C29H31FN4O4/c30-21-7-5-10-23(19-21)34(27(37)13-6-12-26(36)33-25-11-3-4-18-31-25)28(20-14-16-24(35)17-15-20)29(38)32-22-8-1-2-9-22/h3-5,7,10-11,14-19,22,28,35H,1-2,6,8-9,12-13H2,(H,32,38)(H,31,33,36)/t28-/m0/s1. The Morgan fingerprint density at radius 2 is 1.76 bits per heavy atom. The van der Waals surface area contributed by atoms with Crippen LogP contribution in [-0.2, 0) is 14.4 Å². The average molecular weight is 519 g/mol. The fourth-order valence-electron chi connectivity index (χ4n) is 4.65. The van der Waals surface area contributed by atoms with E-state index in [0.29, 0.717) is 11.4 Å². The molecule has 0 aliphatic heterocycles. The number of carbonyl (C=O) groups excluding carboxylic acids is 3. The van der Waals surface area contributed by atoms with E-state index in [0.717, 1.165) is 25.7 Å². The molecular weight excluding hydrogens is 487 g/mol. The number of pyridine rings is 1. The summed E-state index contributed by atoms with van der Waals surface area (Å²) in [5.74, 6) is -1.21. The van der Waals surface area contributed by atoms with Crippen molar-refractivity contribution in [3.8, 4) is 5.75 Å². The zero-order valence-electron chi connectivity index (χ0n) is 21.0. The lowest BCUT2D eigenvalue weighted by atomic mass is 10.0. The maximum absolute atomic E-state index is 14.3. The molecular formula is C29H31FN4O4. The van der Waals surface area contributed by atoms with Crippen LogP contribution in [0.3, 0.4) is 0 Å². The average Bonchev–Trinajstić information content (AvgIpc) is 3.41. The Morgan fingerprint density at radius 3 is 2.45 bits per heavy atom. The van der Waals surface area contributed by atoms with Crippen LogP contribution >= 0.6 is 0 Å². The van der Waals surface area contributed by atoms with Gasteiger partial charge in [0.2, 0.25) is 17.7 Å². The van der Waals surface area contributed by atoms with Crippen molar-refractivity contribution < 1.29 is 23.9 Å². The van der Waals surface area contributed by atoms with Gasteiger partial charge in [-0.05, 0) is 67.3 Å². The first-order valence-corrected chi connectivity index (χ1v) is 12.8. The van der Waals surface area contributed by atoms with E-state index in [-0.39, 0.29) is 48.6 Å². The molecule has 9 heteroatoms. The van der Waals surface area contributed by atoms with Gasteiger partial charge in [-0.1, -0.05) is 37.1 Å². The topological polar surface area (TPSA) is 112 Å². The van der Waals surface area contributed by atoms with Crippen molar-refractivity contribution in [2.75, 3.05) is 10.2 Å². The molecule has 0 unspecified atom stereocenters. The number of halogens is 1. The lowest BCUT2D eigenvalue weighted by molar-refractivity contribution is -0.127. The molecule has 38 heavy (non-hydrogen) atoms. The number of aromatic nitrogens is 1. The number of benzene rings is 2. The van der Waals surface area contributed by atoms with Crippen molar-refractivity contribution in [1.82, 2.24) is 10.3 Å². The highest BCUT2D eigenvalue weighted by Crippen LogP contribution is 2.31. The van der Waals surface area contributed by atoms with Gasteiger partial charge in [-0.25, -0.2) is 9.37 Å². The zero-order chi connectivity index (χ0) is 26.9. The molecule has 0 saturated heterocycles. The Balaban J connectivity index is 1.57. The first-order chi connectivity index (χ1) is 18.4. The third-order valence-electron chi connectivity index (χ3n) is 6.50. The second-order valence-electron chi connectivity index (χ2n) is 9.34. The number of carbonyl (C=O) groups is 3. The normalized spacial score (nSPS) is 14.0. The highest BCUT2D eigenvalue weighted by molar-refractivity contribution is 6.01. The Labute approximate surface area is 220 Å². The number of phenols is 1. The van der Waals surface area contributed by atoms with Crippen LogP contribution in [0.5, 0.6) is 5.75 Å². The van der Waals surface area contributed by atoms with E-state index in [1.807, 2.05) is 0 Å². The fourth-order valence-corrected chi connectivity index (χ4v) is 4.65. The molecule has 0 spiro atoms. The molecule has 198 valence electrons. The summed E-state index contributed by atoms with van der Waals surface area (Å²) in [6.45, 7) is 0. The molecule has 1 aromatic heterocycles. The van der Waals surface area contributed by atoms with Crippen LogP contribution in [0.25, 0.3) is 0 Å². The molecule has 0 radical (unpaired) electrons. The number of phenolic OH excluding ortho intramolecular Hbond substituents is 1. The molecule has 4 rings (SSSR count). The van der Waals surface area contributed by atoms with E-state index in [4.69, 9.17) is 0 Å². The van der Waals surface area contributed by atoms with E-state index in [1.54, 1.807) is 42.6 Å². The third-order valence-corrected chi connectivity index (χ3v) is 6.50. The quantitative estimate of drug-likeness (QED) is 0.355. The minimum absolute atomic E-state index is 0.00173. The summed E-state index contributed by atoms with van der Waals surface area (Å²) in [4.78, 5) is 45.0. The number of hydrogen-bond donors (Lipinski definition) is 3. The Kier molecular flexibility index (Phi) is 9.02. The Morgan fingerprint density at radius 1 is 1.00 bits per heavy atom. The van der Waals surface area contributed by atoms with E-state index in [1.165, 1.54) is 35.2 Å². The number of aromatic hydroxyl groups is 1. The number of nitrogens with zero attached hydrogens (tertiary/aromatic N) is 2. The van der Waals surface area contributed by atoms with Gasteiger partial charge in [0, 0.05) is 30.8 Å². The Hall–Kier alpha value is -4.27. The third kappa shape index (κ3) is 7.15. The first-order valence-electron chi connectivity index (χ1n) is 12.8. The molecule has 8 nitrogen and oxygen atoms in total. The second kappa shape index (κ2) is 12.8. The molecule has 0 bridgehead atoms. The number of hydrogen-bond acceptors (Lipinski definition) is 5. The number of amides is 3. The van der Waals surface area contributed by atoms with Crippen LogP contribution in [0.1, 0.15) is 56.6 Å². The van der Waals surface area contributed by atoms with Gasteiger partial charge < -0.3 is 15.7 Å². The van der Waals surface area contributed by atoms with Crippen LogP contribution in [0.2, 0.25) is 0 Å². The van der Waals surface area contributed by atoms with Gasteiger partial charge in [0.15, 0.2) is 0 Å². The summed E-state index contributed by atoms with van der Waals surface area (Å²) in [5.41, 5.74) is 0.705. The van der Waals surface area contributed by atoms with Crippen LogP contribution < -0.4 is 15.5 Å². The minimum atomic E-state index is -1.09. The number of anilines is 2. The van der Waals surface area contributed by atoms with Crippen LogP contribution in [0, 0.1) is 5.82 Å². The minimum Gasteiger partial charge on any atom is -0.508 e. The summed E-state index contributed by atoms with van der Waals surface area (Å²) in [6.07, 6.45) is 5.55. The highest BCUT2D eigenvalue weighted by atomic mass is 19.1. The summed E-state index contributed by atoms with van der Waals surface area (Å²) in [7, 11) is 0. The van der Waals surface area contributed by atoms with Gasteiger partial charge in [0.1, 0.15) is 23.4 Å². The van der Waals surface area contributed by atoms with Gasteiger partial charge in [-0.15, -0.1) is 0 Å². The summed E-state index contributed by atoms with van der Waals surface area (Å²) in [6, 6.07) is 15.6. The van der Waals surface area contributed by atoms with Gasteiger partial charge in [0.25, 0.3) is 0 Å². The molecule has 1 aliphatic carbocycles. The maximum atomic E-state index is 14.3. The van der Waals surface area contributed by atoms with Gasteiger partial charge >= 0.3 is 0 Å². The van der Waals surface area contributed by atoms with Crippen molar-refractivity contribution in [3.63, 3.8) is 0 Å². The molecule has 3 N–H and O–H groups in total. The molecule has 3 aromatic rings. The molecule has 1 fully saturated rings.